The molecule has 0 radical (unpaired) electrons. The summed E-state index contributed by atoms with van der Waals surface area (Å²) in [5.41, 5.74) is 6.70. The number of nitrogens with zero attached hydrogens (tertiary/aromatic N) is 1. The molecule has 5 nitrogen and oxygen atoms in total. The number of sulfonamides is 1. The van der Waals surface area contributed by atoms with Crippen LogP contribution in [0.1, 0.15) is 37.8 Å². The monoisotopic (exact) mass is 310 g/mol. The van der Waals surface area contributed by atoms with Gasteiger partial charge in [0.15, 0.2) is 0 Å². The van der Waals surface area contributed by atoms with Crippen molar-refractivity contribution >= 4 is 10.0 Å². The third-order valence-electron chi connectivity index (χ3n) is 4.42. The van der Waals surface area contributed by atoms with Crippen molar-refractivity contribution in [1.29, 1.82) is 0 Å². The van der Waals surface area contributed by atoms with Gasteiger partial charge >= 0.3 is 0 Å². The van der Waals surface area contributed by atoms with Crippen molar-refractivity contribution in [1.82, 2.24) is 4.31 Å². The number of ether oxygens (including phenoxy) is 1. The number of fused-ring (bicyclic) bond motifs is 1. The molecular weight excluding hydrogens is 288 g/mol. The van der Waals surface area contributed by atoms with E-state index >= 15 is 0 Å². The van der Waals surface area contributed by atoms with Gasteiger partial charge in [0.2, 0.25) is 10.0 Å². The van der Waals surface area contributed by atoms with Gasteiger partial charge < -0.3 is 10.5 Å². The number of hydrogen-bond acceptors (Lipinski definition) is 4. The highest BCUT2D eigenvalue weighted by molar-refractivity contribution is 7.89. The molecule has 0 bridgehead atoms. The summed E-state index contributed by atoms with van der Waals surface area (Å²) in [7, 11) is -3.47. The zero-order valence-electron chi connectivity index (χ0n) is 12.2. The van der Waals surface area contributed by atoms with Gasteiger partial charge in [-0.1, -0.05) is 12.1 Å². The van der Waals surface area contributed by atoms with Crippen LogP contribution in [-0.2, 0) is 14.8 Å². The maximum atomic E-state index is 12.9. The lowest BCUT2D eigenvalue weighted by atomic mass is 10.1. The van der Waals surface area contributed by atoms with Crippen molar-refractivity contribution in [2.24, 2.45) is 5.73 Å². The van der Waals surface area contributed by atoms with Crippen LogP contribution in [0, 0.1) is 0 Å². The minimum atomic E-state index is -3.47. The summed E-state index contributed by atoms with van der Waals surface area (Å²) in [4.78, 5) is 0.338. The minimum absolute atomic E-state index is 0.0114. The van der Waals surface area contributed by atoms with Crippen molar-refractivity contribution in [2.75, 3.05) is 13.2 Å². The summed E-state index contributed by atoms with van der Waals surface area (Å²) < 4.78 is 33.2. The summed E-state index contributed by atoms with van der Waals surface area (Å²) in [6, 6.07) is 6.78. The van der Waals surface area contributed by atoms with Gasteiger partial charge in [-0.2, -0.15) is 4.31 Å². The second-order valence-electron chi connectivity index (χ2n) is 5.88. The average molecular weight is 310 g/mol. The highest BCUT2D eigenvalue weighted by Crippen LogP contribution is 2.33. The lowest BCUT2D eigenvalue weighted by Gasteiger charge is -2.36. The molecule has 116 valence electrons. The van der Waals surface area contributed by atoms with E-state index in [9.17, 15) is 8.42 Å². The third-order valence-corrected chi connectivity index (χ3v) is 6.34. The van der Waals surface area contributed by atoms with Crippen LogP contribution >= 0.6 is 0 Å². The predicted molar refractivity (Wildman–Crippen MR) is 80.3 cm³/mol. The third kappa shape index (κ3) is 2.73. The quantitative estimate of drug-likeness (QED) is 0.921. The van der Waals surface area contributed by atoms with E-state index in [2.05, 4.69) is 0 Å². The Morgan fingerprint density at radius 3 is 2.95 bits per heavy atom. The molecule has 2 aliphatic rings. The van der Waals surface area contributed by atoms with Crippen molar-refractivity contribution in [3.63, 3.8) is 0 Å². The average Bonchev–Trinajstić information content (AvgIpc) is 2.95. The first-order chi connectivity index (χ1) is 10.00. The molecule has 1 aromatic rings. The summed E-state index contributed by atoms with van der Waals surface area (Å²) in [6.45, 7) is 2.77. The fraction of sp³-hybridized carbons (Fsp3) is 0.600. The lowest BCUT2D eigenvalue weighted by molar-refractivity contribution is -0.0241. The maximum absolute atomic E-state index is 12.9. The van der Waals surface area contributed by atoms with Crippen molar-refractivity contribution in [3.05, 3.63) is 29.8 Å². The predicted octanol–water partition coefficient (Wildman–Crippen LogP) is 1.65. The van der Waals surface area contributed by atoms with Crippen LogP contribution < -0.4 is 5.73 Å². The van der Waals surface area contributed by atoms with Crippen molar-refractivity contribution in [3.8, 4) is 0 Å². The minimum Gasteiger partial charge on any atom is -0.375 e. The fourth-order valence-electron chi connectivity index (χ4n) is 3.28. The van der Waals surface area contributed by atoms with Crippen LogP contribution in [0.4, 0.5) is 0 Å². The number of hydrogen-bond donors (Lipinski definition) is 1. The van der Waals surface area contributed by atoms with Crippen LogP contribution in [-0.4, -0.2) is 38.0 Å². The van der Waals surface area contributed by atoms with Crippen molar-refractivity contribution < 1.29 is 13.2 Å². The molecule has 21 heavy (non-hydrogen) atoms. The van der Waals surface area contributed by atoms with Gasteiger partial charge in [0.05, 0.1) is 23.6 Å². The summed E-state index contributed by atoms with van der Waals surface area (Å²) in [5, 5.41) is 0. The first-order valence-corrected chi connectivity index (χ1v) is 8.93. The Labute approximate surface area is 126 Å². The highest BCUT2D eigenvalue weighted by Gasteiger charge is 2.42. The van der Waals surface area contributed by atoms with Crippen LogP contribution in [0.3, 0.4) is 0 Å². The number of morpholine rings is 1. The number of benzene rings is 1. The fourth-order valence-corrected chi connectivity index (χ4v) is 5.00. The smallest absolute Gasteiger partial charge is 0.243 e. The van der Waals surface area contributed by atoms with Gasteiger partial charge in [-0.15, -0.1) is 0 Å². The van der Waals surface area contributed by atoms with E-state index in [0.717, 1.165) is 24.8 Å². The molecule has 1 aliphatic heterocycles. The summed E-state index contributed by atoms with van der Waals surface area (Å²) in [6.07, 6.45) is 2.93. The van der Waals surface area contributed by atoms with E-state index in [0.29, 0.717) is 18.0 Å². The molecule has 6 heteroatoms. The van der Waals surface area contributed by atoms with E-state index < -0.39 is 10.0 Å². The van der Waals surface area contributed by atoms with Gasteiger partial charge in [0.25, 0.3) is 0 Å². The molecule has 0 aromatic heterocycles. The summed E-state index contributed by atoms with van der Waals surface area (Å²) >= 11 is 0. The number of rotatable bonds is 3. The van der Waals surface area contributed by atoms with Gasteiger partial charge in [0, 0.05) is 12.6 Å². The van der Waals surface area contributed by atoms with E-state index in [1.807, 2.05) is 13.0 Å². The molecule has 3 rings (SSSR count). The second-order valence-corrected chi connectivity index (χ2v) is 7.77. The lowest BCUT2D eigenvalue weighted by Crippen LogP contribution is -2.51. The van der Waals surface area contributed by atoms with E-state index in [1.54, 1.807) is 22.5 Å². The molecule has 1 aromatic carbocycles. The topological polar surface area (TPSA) is 72.6 Å². The second kappa shape index (κ2) is 5.68. The Kier molecular flexibility index (Phi) is 4.05. The molecule has 2 N–H and O–H groups in total. The zero-order valence-corrected chi connectivity index (χ0v) is 13.1. The van der Waals surface area contributed by atoms with Crippen LogP contribution in [0.5, 0.6) is 0 Å². The molecule has 3 atom stereocenters. The van der Waals surface area contributed by atoms with E-state index in [-0.39, 0.29) is 18.2 Å². The molecule has 1 aliphatic carbocycles. The molecule has 3 unspecified atom stereocenters. The Hall–Kier alpha value is -0.950. The molecule has 1 heterocycles. The SMILES string of the molecule is CC(N)c1cccc(S(=O)(=O)N2CCOC3CCCC32)c1. The van der Waals surface area contributed by atoms with Crippen LogP contribution in [0.25, 0.3) is 0 Å². The molecule has 1 saturated heterocycles. The van der Waals surface area contributed by atoms with Crippen LogP contribution in [0.2, 0.25) is 0 Å². The number of nitrogens with two attached hydrogens (primary N) is 1. The van der Waals surface area contributed by atoms with E-state index in [4.69, 9.17) is 10.5 Å². The van der Waals surface area contributed by atoms with Crippen LogP contribution in [0.15, 0.2) is 29.2 Å². The van der Waals surface area contributed by atoms with Gasteiger partial charge in [-0.25, -0.2) is 8.42 Å². The standard InChI is InChI=1S/C15H22N2O3S/c1-11(16)12-4-2-5-13(10-12)21(18,19)17-8-9-20-15-7-3-6-14(15)17/h2,4-5,10-11,14-15H,3,6-9,16H2,1H3. The Balaban J connectivity index is 1.94. The Morgan fingerprint density at radius 2 is 2.19 bits per heavy atom. The first-order valence-electron chi connectivity index (χ1n) is 7.49. The molecule has 0 spiro atoms. The molecule has 2 fully saturated rings. The van der Waals surface area contributed by atoms with E-state index in [1.165, 1.54) is 0 Å². The Bertz CT molecular complexity index is 615. The molecule has 1 saturated carbocycles. The largest absolute Gasteiger partial charge is 0.375 e. The normalized spacial score (nSPS) is 28.3. The molecule has 0 amide bonds. The zero-order chi connectivity index (χ0) is 15.0. The van der Waals surface area contributed by atoms with Gasteiger partial charge in [-0.3, -0.25) is 0 Å². The maximum Gasteiger partial charge on any atom is 0.243 e. The Morgan fingerprint density at radius 1 is 1.38 bits per heavy atom. The first kappa shape index (κ1) is 15.0. The molecular formula is C15H22N2O3S. The van der Waals surface area contributed by atoms with Gasteiger partial charge in [-0.05, 0) is 43.9 Å². The van der Waals surface area contributed by atoms with Crippen molar-refractivity contribution in [2.45, 2.75) is 49.3 Å². The highest BCUT2D eigenvalue weighted by atomic mass is 32.2. The van der Waals surface area contributed by atoms with Gasteiger partial charge in [0.1, 0.15) is 0 Å². The summed E-state index contributed by atoms with van der Waals surface area (Å²) in [5.74, 6) is 0.